The number of amides is 2. The number of methoxy groups -OCH3 is 1. The van der Waals surface area contributed by atoms with E-state index in [9.17, 15) is 9.59 Å². The molecule has 8 nitrogen and oxygen atoms in total. The van der Waals surface area contributed by atoms with E-state index in [4.69, 9.17) is 14.0 Å². The van der Waals surface area contributed by atoms with Crippen LogP contribution in [0, 0.1) is 0 Å². The van der Waals surface area contributed by atoms with E-state index in [1.54, 1.807) is 13.2 Å². The quantitative estimate of drug-likeness (QED) is 0.427. The molecule has 2 amide bonds. The Morgan fingerprint density at radius 3 is 2.50 bits per heavy atom. The summed E-state index contributed by atoms with van der Waals surface area (Å²) < 4.78 is 16.3. The lowest BCUT2D eigenvalue weighted by atomic mass is 9.94. The van der Waals surface area contributed by atoms with Crippen LogP contribution in [0.4, 0.5) is 0 Å². The number of hydrogen-bond acceptors (Lipinski definition) is 6. The summed E-state index contributed by atoms with van der Waals surface area (Å²) in [4.78, 5) is 27.5. The number of nitrogens with zero attached hydrogens (tertiary/aromatic N) is 2. The van der Waals surface area contributed by atoms with Crippen molar-refractivity contribution >= 4 is 11.8 Å². The van der Waals surface area contributed by atoms with Crippen molar-refractivity contribution < 1.29 is 23.6 Å². The van der Waals surface area contributed by atoms with Gasteiger partial charge in [-0.25, -0.2) is 0 Å². The molecule has 1 aromatic heterocycles. The van der Waals surface area contributed by atoms with Crippen LogP contribution in [0.15, 0.2) is 65.2 Å². The molecule has 4 rings (SSSR count). The molecule has 0 bridgehead atoms. The van der Waals surface area contributed by atoms with Crippen molar-refractivity contribution in [2.75, 3.05) is 20.3 Å². The van der Waals surface area contributed by atoms with Crippen LogP contribution >= 0.6 is 0 Å². The zero-order valence-corrected chi connectivity index (χ0v) is 20.7. The molecule has 1 fully saturated rings. The molecule has 0 spiro atoms. The van der Waals surface area contributed by atoms with Crippen LogP contribution in [-0.2, 0) is 17.8 Å². The maximum atomic E-state index is 13.1. The SMILES string of the molecule is COc1ccc(CCNC(=O)c2cc(CN(C(=O)COc3ccccc3)C3CCCCC3)on2)cc1. The Morgan fingerprint density at radius 2 is 1.78 bits per heavy atom. The van der Waals surface area contributed by atoms with Gasteiger partial charge < -0.3 is 24.2 Å². The van der Waals surface area contributed by atoms with Crippen LogP contribution in [0.5, 0.6) is 11.5 Å². The maximum absolute atomic E-state index is 13.1. The summed E-state index contributed by atoms with van der Waals surface area (Å²) in [6, 6.07) is 18.8. The largest absolute Gasteiger partial charge is 0.497 e. The molecule has 0 radical (unpaired) electrons. The predicted octanol–water partition coefficient (Wildman–Crippen LogP) is 4.40. The van der Waals surface area contributed by atoms with Crippen LogP contribution in [-0.4, -0.2) is 48.2 Å². The fraction of sp³-hybridized carbons (Fsp3) is 0.393. The third-order valence-corrected chi connectivity index (χ3v) is 6.42. The van der Waals surface area contributed by atoms with Crippen molar-refractivity contribution in [2.24, 2.45) is 0 Å². The van der Waals surface area contributed by atoms with Gasteiger partial charge in [-0.1, -0.05) is 54.8 Å². The number of rotatable bonds is 11. The van der Waals surface area contributed by atoms with Crippen molar-refractivity contribution in [1.82, 2.24) is 15.4 Å². The predicted molar refractivity (Wildman–Crippen MR) is 135 cm³/mol. The van der Waals surface area contributed by atoms with Crippen molar-refractivity contribution in [3.63, 3.8) is 0 Å². The van der Waals surface area contributed by atoms with Crippen LogP contribution in [0.3, 0.4) is 0 Å². The van der Waals surface area contributed by atoms with Gasteiger partial charge in [0.25, 0.3) is 11.8 Å². The van der Waals surface area contributed by atoms with Gasteiger partial charge >= 0.3 is 0 Å². The van der Waals surface area contributed by atoms with E-state index in [2.05, 4.69) is 10.5 Å². The number of nitrogens with one attached hydrogen (secondary N) is 1. The summed E-state index contributed by atoms with van der Waals surface area (Å²) in [6.45, 7) is 0.679. The highest BCUT2D eigenvalue weighted by Gasteiger charge is 2.27. The number of benzene rings is 2. The first-order valence-corrected chi connectivity index (χ1v) is 12.5. The third-order valence-electron chi connectivity index (χ3n) is 6.42. The second-order valence-electron chi connectivity index (χ2n) is 8.95. The highest BCUT2D eigenvalue weighted by atomic mass is 16.5. The normalized spacial score (nSPS) is 13.7. The minimum Gasteiger partial charge on any atom is -0.497 e. The zero-order chi connectivity index (χ0) is 25.2. The summed E-state index contributed by atoms with van der Waals surface area (Å²) >= 11 is 0. The lowest BCUT2D eigenvalue weighted by Gasteiger charge is -2.33. The molecule has 190 valence electrons. The van der Waals surface area contributed by atoms with E-state index in [1.165, 1.54) is 6.42 Å². The molecule has 1 N–H and O–H groups in total. The average molecular weight is 492 g/mol. The minimum atomic E-state index is -0.304. The molecule has 0 aliphatic heterocycles. The minimum absolute atomic E-state index is 0.0483. The topological polar surface area (TPSA) is 93.9 Å². The molecule has 2 aromatic carbocycles. The molecule has 1 aliphatic rings. The fourth-order valence-electron chi connectivity index (χ4n) is 4.42. The van der Waals surface area contributed by atoms with Gasteiger partial charge in [0.05, 0.1) is 13.7 Å². The Balaban J connectivity index is 1.33. The van der Waals surface area contributed by atoms with Crippen LogP contribution in [0.1, 0.15) is 53.9 Å². The monoisotopic (exact) mass is 491 g/mol. The Bertz CT molecular complexity index is 1110. The van der Waals surface area contributed by atoms with E-state index in [0.29, 0.717) is 24.5 Å². The second kappa shape index (κ2) is 12.8. The van der Waals surface area contributed by atoms with Gasteiger partial charge in [0, 0.05) is 18.7 Å². The lowest BCUT2D eigenvalue weighted by Crippen LogP contribution is -2.43. The highest BCUT2D eigenvalue weighted by Crippen LogP contribution is 2.25. The molecule has 36 heavy (non-hydrogen) atoms. The van der Waals surface area contributed by atoms with E-state index in [-0.39, 0.29) is 36.7 Å². The maximum Gasteiger partial charge on any atom is 0.273 e. The summed E-state index contributed by atoms with van der Waals surface area (Å²) in [5, 5.41) is 6.82. The van der Waals surface area contributed by atoms with Crippen molar-refractivity contribution in [2.45, 2.75) is 51.1 Å². The van der Waals surface area contributed by atoms with Crippen molar-refractivity contribution in [3.8, 4) is 11.5 Å². The van der Waals surface area contributed by atoms with Crippen LogP contribution < -0.4 is 14.8 Å². The molecule has 8 heteroatoms. The molecular formula is C28H33N3O5. The first-order chi connectivity index (χ1) is 17.6. The van der Waals surface area contributed by atoms with E-state index >= 15 is 0 Å². The first kappa shape index (κ1) is 25.3. The molecule has 0 saturated heterocycles. The summed E-state index contributed by atoms with van der Waals surface area (Å²) in [5.41, 5.74) is 1.30. The summed E-state index contributed by atoms with van der Waals surface area (Å²) in [5.74, 6) is 1.52. The number of aromatic nitrogens is 1. The Kier molecular flexibility index (Phi) is 8.97. The van der Waals surface area contributed by atoms with E-state index in [0.717, 1.165) is 37.0 Å². The van der Waals surface area contributed by atoms with E-state index < -0.39 is 0 Å². The Morgan fingerprint density at radius 1 is 1.03 bits per heavy atom. The second-order valence-corrected chi connectivity index (χ2v) is 8.95. The summed E-state index contributed by atoms with van der Waals surface area (Å²) in [7, 11) is 1.63. The van der Waals surface area contributed by atoms with Gasteiger partial charge in [0.1, 0.15) is 11.5 Å². The van der Waals surface area contributed by atoms with Gasteiger partial charge in [0.15, 0.2) is 18.1 Å². The van der Waals surface area contributed by atoms with Gasteiger partial charge in [0.2, 0.25) is 0 Å². The molecular weight excluding hydrogens is 458 g/mol. The third kappa shape index (κ3) is 7.10. The highest BCUT2D eigenvalue weighted by molar-refractivity contribution is 5.92. The molecule has 1 heterocycles. The smallest absolute Gasteiger partial charge is 0.273 e. The molecule has 3 aromatic rings. The average Bonchev–Trinajstić information content (AvgIpc) is 3.41. The van der Waals surface area contributed by atoms with Gasteiger partial charge in [-0.2, -0.15) is 0 Å². The summed E-state index contributed by atoms with van der Waals surface area (Å²) in [6.07, 6.45) is 5.94. The van der Waals surface area contributed by atoms with Crippen molar-refractivity contribution in [1.29, 1.82) is 0 Å². The number of hydrogen-bond donors (Lipinski definition) is 1. The fourth-order valence-corrected chi connectivity index (χ4v) is 4.42. The van der Waals surface area contributed by atoms with Crippen LogP contribution in [0.25, 0.3) is 0 Å². The Labute approximate surface area is 211 Å². The molecule has 0 atom stereocenters. The molecule has 0 unspecified atom stereocenters. The van der Waals surface area contributed by atoms with Crippen molar-refractivity contribution in [3.05, 3.63) is 77.7 Å². The molecule has 1 saturated carbocycles. The number of para-hydroxylation sites is 1. The number of ether oxygens (including phenoxy) is 2. The lowest BCUT2D eigenvalue weighted by molar-refractivity contribution is -0.137. The Hall–Kier alpha value is -3.81. The number of carbonyl (C=O) groups is 2. The van der Waals surface area contributed by atoms with Gasteiger partial charge in [-0.15, -0.1) is 0 Å². The van der Waals surface area contributed by atoms with E-state index in [1.807, 2.05) is 59.5 Å². The van der Waals surface area contributed by atoms with Crippen LogP contribution in [0.2, 0.25) is 0 Å². The molecule has 1 aliphatic carbocycles. The van der Waals surface area contributed by atoms with Gasteiger partial charge in [-0.3, -0.25) is 9.59 Å². The van der Waals surface area contributed by atoms with Gasteiger partial charge in [-0.05, 0) is 49.1 Å². The first-order valence-electron chi connectivity index (χ1n) is 12.5. The standard InChI is InChI=1S/C28H33N3O5/c1-34-23-14-12-21(13-15-23)16-17-29-28(33)26-18-25(36-30-26)19-31(22-8-4-2-5-9-22)27(32)20-35-24-10-6-3-7-11-24/h3,6-7,10-15,18,22H,2,4-5,8-9,16-17,19-20H2,1H3,(H,29,33). The number of carbonyl (C=O) groups excluding carboxylic acids is 2. The zero-order valence-electron chi connectivity index (χ0n) is 20.7.